The Bertz CT molecular complexity index is 652. The number of ether oxygens (including phenoxy) is 1. The number of aryl methyl sites for hydroxylation is 1. The molecule has 5 nitrogen and oxygen atoms in total. The molecule has 1 atom stereocenters. The van der Waals surface area contributed by atoms with Gasteiger partial charge in [-0.15, -0.1) is 11.6 Å². The summed E-state index contributed by atoms with van der Waals surface area (Å²) in [5.74, 6) is 2.05. The Morgan fingerprint density at radius 2 is 2.19 bits per heavy atom. The average molecular weight is 310 g/mol. The van der Waals surface area contributed by atoms with Crippen LogP contribution in [0.25, 0.3) is 11.0 Å². The predicted octanol–water partition coefficient (Wildman–Crippen LogP) is 2.48. The van der Waals surface area contributed by atoms with Crippen LogP contribution in [0.3, 0.4) is 0 Å². The number of amides is 1. The van der Waals surface area contributed by atoms with Crippen LogP contribution in [-0.2, 0) is 11.2 Å². The van der Waals surface area contributed by atoms with Crippen molar-refractivity contribution in [1.82, 2.24) is 14.5 Å². The van der Waals surface area contributed by atoms with Gasteiger partial charge in [-0.05, 0) is 19.1 Å². The normalized spacial score (nSPS) is 12.4. The summed E-state index contributed by atoms with van der Waals surface area (Å²) < 4.78 is 7.18. The van der Waals surface area contributed by atoms with Crippen molar-refractivity contribution in [3.05, 3.63) is 24.0 Å². The second-order valence-corrected chi connectivity index (χ2v) is 5.48. The number of rotatable bonds is 5. The number of alkyl halides is 1. The van der Waals surface area contributed by atoms with Gasteiger partial charge in [-0.2, -0.15) is 0 Å². The molecule has 0 saturated heterocycles. The number of methoxy groups -OCH3 is 1. The third-order valence-electron chi connectivity index (χ3n) is 3.47. The molecule has 0 bridgehead atoms. The van der Waals surface area contributed by atoms with Crippen molar-refractivity contribution in [2.45, 2.75) is 19.4 Å². The lowest BCUT2D eigenvalue weighted by molar-refractivity contribution is -0.131. The number of fused-ring (bicyclic) bond motifs is 1. The van der Waals surface area contributed by atoms with Crippen LogP contribution < -0.4 is 4.74 Å². The van der Waals surface area contributed by atoms with Crippen molar-refractivity contribution in [2.75, 3.05) is 27.1 Å². The van der Waals surface area contributed by atoms with Crippen LogP contribution in [-0.4, -0.2) is 47.4 Å². The van der Waals surface area contributed by atoms with Gasteiger partial charge in [0.05, 0.1) is 18.1 Å². The van der Waals surface area contributed by atoms with Crippen LogP contribution in [0.4, 0.5) is 0 Å². The fourth-order valence-electron chi connectivity index (χ4n) is 2.43. The van der Waals surface area contributed by atoms with Gasteiger partial charge < -0.3 is 14.2 Å². The van der Waals surface area contributed by atoms with E-state index >= 15 is 0 Å². The lowest BCUT2D eigenvalue weighted by atomic mass is 10.2. The minimum Gasteiger partial charge on any atom is -0.497 e. The van der Waals surface area contributed by atoms with Crippen molar-refractivity contribution in [2.24, 2.45) is 0 Å². The van der Waals surface area contributed by atoms with Crippen molar-refractivity contribution in [3.8, 4) is 5.75 Å². The quantitative estimate of drug-likeness (QED) is 0.797. The summed E-state index contributed by atoms with van der Waals surface area (Å²) in [5, 5.41) is 0. The average Bonchev–Trinajstić information content (AvgIpc) is 2.82. The van der Waals surface area contributed by atoms with E-state index < -0.39 is 0 Å². The van der Waals surface area contributed by atoms with Crippen molar-refractivity contribution in [1.29, 1.82) is 0 Å². The predicted molar refractivity (Wildman–Crippen MR) is 84.1 cm³/mol. The summed E-state index contributed by atoms with van der Waals surface area (Å²) >= 11 is 5.87. The highest BCUT2D eigenvalue weighted by Crippen LogP contribution is 2.26. The fraction of sp³-hybridized carbons (Fsp3) is 0.467. The number of benzene rings is 1. The van der Waals surface area contributed by atoms with Crippen molar-refractivity contribution < 1.29 is 9.53 Å². The summed E-state index contributed by atoms with van der Waals surface area (Å²) in [7, 11) is 5.13. The zero-order chi connectivity index (χ0) is 15.6. The van der Waals surface area contributed by atoms with Gasteiger partial charge in [-0.1, -0.05) is 0 Å². The Balaban J connectivity index is 2.58. The first kappa shape index (κ1) is 15.6. The molecular formula is C15H20ClN3O2. The molecular weight excluding hydrogens is 290 g/mol. The van der Waals surface area contributed by atoms with Crippen LogP contribution in [0, 0.1) is 0 Å². The molecule has 1 heterocycles. The van der Waals surface area contributed by atoms with Crippen LogP contribution in [0.15, 0.2) is 18.2 Å². The molecule has 21 heavy (non-hydrogen) atoms. The molecule has 2 aromatic rings. The van der Waals surface area contributed by atoms with E-state index in [1.165, 1.54) is 0 Å². The van der Waals surface area contributed by atoms with Gasteiger partial charge in [-0.3, -0.25) is 4.79 Å². The van der Waals surface area contributed by atoms with Crippen LogP contribution >= 0.6 is 11.6 Å². The number of nitrogens with zero attached hydrogens (tertiary/aromatic N) is 3. The van der Waals surface area contributed by atoms with Gasteiger partial charge in [-0.25, -0.2) is 4.98 Å². The third kappa shape index (κ3) is 2.97. The minimum atomic E-state index is -0.323. The van der Waals surface area contributed by atoms with Gasteiger partial charge in [0.2, 0.25) is 5.91 Å². The molecule has 0 aliphatic rings. The molecule has 1 aromatic heterocycles. The lowest BCUT2D eigenvalue weighted by Gasteiger charge is -2.20. The number of hydrogen-bond acceptors (Lipinski definition) is 3. The van der Waals surface area contributed by atoms with Gasteiger partial charge in [0, 0.05) is 32.5 Å². The Morgan fingerprint density at radius 1 is 1.48 bits per heavy atom. The van der Waals surface area contributed by atoms with Crippen LogP contribution in [0.1, 0.15) is 18.8 Å². The summed E-state index contributed by atoms with van der Waals surface area (Å²) in [4.78, 5) is 18.5. The standard InChI is InChI=1S/C15H20ClN3O2/c1-10(15(20)18(2)3)19-13-6-5-11(21-4)9-12(13)17-14(19)7-8-16/h5-6,9-10H,7-8H2,1-4H3. The number of imidazole rings is 1. The maximum Gasteiger partial charge on any atom is 0.244 e. The first-order valence-corrected chi connectivity index (χ1v) is 7.35. The van der Waals surface area contributed by atoms with Gasteiger partial charge in [0.1, 0.15) is 17.6 Å². The molecule has 2 rings (SSSR count). The summed E-state index contributed by atoms with van der Waals surface area (Å²) in [5.41, 5.74) is 1.73. The summed E-state index contributed by atoms with van der Waals surface area (Å²) in [6.07, 6.45) is 0.615. The van der Waals surface area contributed by atoms with E-state index in [1.54, 1.807) is 26.1 Å². The van der Waals surface area contributed by atoms with E-state index in [-0.39, 0.29) is 11.9 Å². The first-order chi connectivity index (χ1) is 9.99. The molecule has 0 radical (unpaired) electrons. The Kier molecular flexibility index (Phi) is 4.73. The lowest BCUT2D eigenvalue weighted by Crippen LogP contribution is -2.30. The molecule has 0 N–H and O–H groups in total. The topological polar surface area (TPSA) is 47.4 Å². The second-order valence-electron chi connectivity index (χ2n) is 5.10. The highest BCUT2D eigenvalue weighted by molar-refractivity contribution is 6.17. The zero-order valence-electron chi connectivity index (χ0n) is 12.8. The van der Waals surface area contributed by atoms with Crippen LogP contribution in [0.2, 0.25) is 0 Å². The van der Waals surface area contributed by atoms with Gasteiger partial charge in [0.25, 0.3) is 0 Å². The molecule has 0 fully saturated rings. The Hall–Kier alpha value is -1.75. The molecule has 0 aliphatic heterocycles. The molecule has 0 spiro atoms. The largest absolute Gasteiger partial charge is 0.497 e. The maximum atomic E-state index is 12.3. The highest BCUT2D eigenvalue weighted by Gasteiger charge is 2.22. The smallest absolute Gasteiger partial charge is 0.244 e. The monoisotopic (exact) mass is 309 g/mol. The fourth-order valence-corrected chi connectivity index (χ4v) is 2.60. The van der Waals surface area contributed by atoms with Crippen molar-refractivity contribution >= 4 is 28.5 Å². The molecule has 114 valence electrons. The van der Waals surface area contributed by atoms with E-state index in [1.807, 2.05) is 29.7 Å². The molecule has 1 aromatic carbocycles. The molecule has 0 saturated carbocycles. The Labute approximate surface area is 129 Å². The van der Waals surface area contributed by atoms with Crippen LogP contribution in [0.5, 0.6) is 5.75 Å². The van der Waals surface area contributed by atoms with E-state index in [4.69, 9.17) is 16.3 Å². The zero-order valence-corrected chi connectivity index (χ0v) is 13.5. The minimum absolute atomic E-state index is 0.0286. The number of aromatic nitrogens is 2. The van der Waals surface area contributed by atoms with Gasteiger partial charge in [0.15, 0.2) is 0 Å². The van der Waals surface area contributed by atoms with E-state index in [0.717, 1.165) is 22.6 Å². The molecule has 1 amide bonds. The third-order valence-corrected chi connectivity index (χ3v) is 3.66. The molecule has 0 aliphatic carbocycles. The maximum absolute atomic E-state index is 12.3. The number of hydrogen-bond donors (Lipinski definition) is 0. The molecule has 1 unspecified atom stereocenters. The van der Waals surface area contributed by atoms with E-state index in [2.05, 4.69) is 4.98 Å². The SMILES string of the molecule is COc1ccc2c(c1)nc(CCCl)n2C(C)C(=O)N(C)C. The highest BCUT2D eigenvalue weighted by atomic mass is 35.5. The first-order valence-electron chi connectivity index (χ1n) is 6.81. The van der Waals surface area contributed by atoms with Gasteiger partial charge >= 0.3 is 0 Å². The Morgan fingerprint density at radius 3 is 2.76 bits per heavy atom. The summed E-state index contributed by atoms with van der Waals surface area (Å²) in [6.45, 7) is 1.88. The van der Waals surface area contributed by atoms with E-state index in [0.29, 0.717) is 12.3 Å². The second kappa shape index (κ2) is 6.35. The van der Waals surface area contributed by atoms with Crippen molar-refractivity contribution in [3.63, 3.8) is 0 Å². The number of likely N-dealkylation sites (N-methyl/N-ethyl adjacent to an activating group) is 1. The number of halogens is 1. The molecule has 6 heteroatoms. The van der Waals surface area contributed by atoms with E-state index in [9.17, 15) is 4.79 Å². The summed E-state index contributed by atoms with van der Waals surface area (Å²) in [6, 6.07) is 5.35. The number of carbonyl (C=O) groups excluding carboxylic acids is 1. The number of carbonyl (C=O) groups is 1.